The summed E-state index contributed by atoms with van der Waals surface area (Å²) in [6.45, 7) is 0.781. The second-order valence-electron chi connectivity index (χ2n) is 4.05. The van der Waals surface area contributed by atoms with E-state index >= 15 is 0 Å². The standard InChI is InChI=1S/C14H16N4O/c1-15-14(19)13-9-12(5-8-18-13)17-7-4-11-3-2-6-16-10-11/h2-3,5-6,8-10H,4,7H2,1H3,(H,15,19)(H,17,18). The molecule has 1 amide bonds. The molecule has 0 fully saturated rings. The molecule has 0 spiro atoms. The van der Waals surface area contributed by atoms with Crippen LogP contribution >= 0.6 is 0 Å². The van der Waals surface area contributed by atoms with Crippen molar-refractivity contribution < 1.29 is 4.79 Å². The van der Waals surface area contributed by atoms with Crippen molar-refractivity contribution in [1.82, 2.24) is 15.3 Å². The Kier molecular flexibility index (Phi) is 4.44. The van der Waals surface area contributed by atoms with Crippen LogP contribution in [-0.2, 0) is 6.42 Å². The SMILES string of the molecule is CNC(=O)c1cc(NCCc2cccnc2)ccn1. The summed E-state index contributed by atoms with van der Waals surface area (Å²) in [6, 6.07) is 7.54. The Morgan fingerprint density at radius 2 is 2.21 bits per heavy atom. The Bertz CT molecular complexity index is 542. The van der Waals surface area contributed by atoms with Crippen LogP contribution in [0.5, 0.6) is 0 Å². The Labute approximate surface area is 112 Å². The molecular formula is C14H16N4O. The molecule has 2 aromatic rings. The van der Waals surface area contributed by atoms with Crippen LogP contribution in [-0.4, -0.2) is 29.5 Å². The molecule has 2 rings (SSSR count). The van der Waals surface area contributed by atoms with Crippen molar-refractivity contribution in [3.05, 3.63) is 54.1 Å². The Morgan fingerprint density at radius 1 is 1.32 bits per heavy atom. The molecule has 2 N–H and O–H groups in total. The molecule has 2 aromatic heterocycles. The van der Waals surface area contributed by atoms with E-state index < -0.39 is 0 Å². The number of aromatic nitrogens is 2. The molecule has 0 bridgehead atoms. The lowest BCUT2D eigenvalue weighted by Crippen LogP contribution is -2.19. The number of nitrogens with zero attached hydrogens (tertiary/aromatic N) is 2. The largest absolute Gasteiger partial charge is 0.385 e. The first kappa shape index (κ1) is 13.0. The highest BCUT2D eigenvalue weighted by atomic mass is 16.1. The quantitative estimate of drug-likeness (QED) is 0.850. The van der Waals surface area contributed by atoms with Crippen molar-refractivity contribution in [2.24, 2.45) is 0 Å². The normalized spacial score (nSPS) is 9.95. The number of rotatable bonds is 5. The number of carbonyl (C=O) groups excluding carboxylic acids is 1. The van der Waals surface area contributed by atoms with Gasteiger partial charge in [0.05, 0.1) is 0 Å². The molecule has 0 atom stereocenters. The molecule has 0 saturated carbocycles. The lowest BCUT2D eigenvalue weighted by atomic mass is 10.2. The minimum Gasteiger partial charge on any atom is -0.385 e. The van der Waals surface area contributed by atoms with Gasteiger partial charge in [-0.1, -0.05) is 6.07 Å². The van der Waals surface area contributed by atoms with Gasteiger partial charge in [0.2, 0.25) is 0 Å². The third-order valence-corrected chi connectivity index (χ3v) is 2.69. The fraction of sp³-hybridized carbons (Fsp3) is 0.214. The fourth-order valence-electron chi connectivity index (χ4n) is 1.69. The topological polar surface area (TPSA) is 66.9 Å². The summed E-state index contributed by atoms with van der Waals surface area (Å²) in [4.78, 5) is 19.5. The van der Waals surface area contributed by atoms with Crippen molar-refractivity contribution in [3.63, 3.8) is 0 Å². The van der Waals surface area contributed by atoms with E-state index in [1.54, 1.807) is 25.5 Å². The second kappa shape index (κ2) is 6.49. The van der Waals surface area contributed by atoms with Crippen molar-refractivity contribution >= 4 is 11.6 Å². The maximum atomic E-state index is 11.5. The zero-order valence-corrected chi connectivity index (χ0v) is 10.8. The van der Waals surface area contributed by atoms with E-state index in [1.165, 1.54) is 5.56 Å². The lowest BCUT2D eigenvalue weighted by molar-refractivity contribution is 0.0958. The van der Waals surface area contributed by atoms with Crippen LogP contribution in [0, 0.1) is 0 Å². The molecule has 0 aliphatic carbocycles. The zero-order chi connectivity index (χ0) is 13.5. The fourth-order valence-corrected chi connectivity index (χ4v) is 1.69. The molecule has 0 saturated heterocycles. The van der Waals surface area contributed by atoms with Gasteiger partial charge in [0.1, 0.15) is 5.69 Å². The highest BCUT2D eigenvalue weighted by molar-refractivity contribution is 5.92. The average molecular weight is 256 g/mol. The first-order valence-electron chi connectivity index (χ1n) is 6.10. The zero-order valence-electron chi connectivity index (χ0n) is 10.8. The average Bonchev–Trinajstić information content (AvgIpc) is 2.48. The molecule has 0 unspecified atom stereocenters. The van der Waals surface area contributed by atoms with Crippen LogP contribution in [0.25, 0.3) is 0 Å². The summed E-state index contributed by atoms with van der Waals surface area (Å²) >= 11 is 0. The Balaban J connectivity index is 1.91. The van der Waals surface area contributed by atoms with Crippen molar-refractivity contribution in [2.45, 2.75) is 6.42 Å². The number of carbonyl (C=O) groups is 1. The number of hydrogen-bond donors (Lipinski definition) is 2. The molecule has 0 aliphatic rings. The highest BCUT2D eigenvalue weighted by Gasteiger charge is 2.04. The number of nitrogens with one attached hydrogen (secondary N) is 2. The smallest absolute Gasteiger partial charge is 0.269 e. The molecule has 0 aliphatic heterocycles. The van der Waals surface area contributed by atoms with Crippen LogP contribution in [0.1, 0.15) is 16.1 Å². The van der Waals surface area contributed by atoms with E-state index in [2.05, 4.69) is 20.6 Å². The molecular weight excluding hydrogens is 240 g/mol. The van der Waals surface area contributed by atoms with Gasteiger partial charge in [-0.15, -0.1) is 0 Å². The molecule has 5 heteroatoms. The molecule has 19 heavy (non-hydrogen) atoms. The van der Waals surface area contributed by atoms with Gasteiger partial charge in [0.15, 0.2) is 0 Å². The van der Waals surface area contributed by atoms with Gasteiger partial charge in [-0.2, -0.15) is 0 Å². The van der Waals surface area contributed by atoms with Gasteiger partial charge in [-0.05, 0) is 30.2 Å². The summed E-state index contributed by atoms with van der Waals surface area (Å²) in [7, 11) is 1.59. The summed E-state index contributed by atoms with van der Waals surface area (Å²) in [5.74, 6) is -0.184. The predicted octanol–water partition coefficient (Wildman–Crippen LogP) is 1.49. The number of pyridine rings is 2. The van der Waals surface area contributed by atoms with E-state index in [4.69, 9.17) is 0 Å². The highest BCUT2D eigenvalue weighted by Crippen LogP contribution is 2.08. The van der Waals surface area contributed by atoms with E-state index in [-0.39, 0.29) is 5.91 Å². The van der Waals surface area contributed by atoms with Crippen LogP contribution in [0.15, 0.2) is 42.9 Å². The third kappa shape index (κ3) is 3.77. The van der Waals surface area contributed by atoms with Gasteiger partial charge in [0.25, 0.3) is 5.91 Å². The van der Waals surface area contributed by atoms with Crippen LogP contribution in [0.3, 0.4) is 0 Å². The van der Waals surface area contributed by atoms with Gasteiger partial charge in [0, 0.05) is 37.9 Å². The summed E-state index contributed by atoms with van der Waals surface area (Å²) < 4.78 is 0. The van der Waals surface area contributed by atoms with Gasteiger partial charge < -0.3 is 10.6 Å². The van der Waals surface area contributed by atoms with E-state index in [9.17, 15) is 4.79 Å². The summed E-state index contributed by atoms with van der Waals surface area (Å²) in [5.41, 5.74) is 2.47. The summed E-state index contributed by atoms with van der Waals surface area (Å²) in [6.07, 6.45) is 6.11. The monoisotopic (exact) mass is 256 g/mol. The van der Waals surface area contributed by atoms with Gasteiger partial charge in [-0.25, -0.2) is 0 Å². The van der Waals surface area contributed by atoms with Gasteiger partial charge in [-0.3, -0.25) is 14.8 Å². The van der Waals surface area contributed by atoms with Crippen LogP contribution in [0.4, 0.5) is 5.69 Å². The van der Waals surface area contributed by atoms with E-state index in [0.717, 1.165) is 18.7 Å². The molecule has 0 aromatic carbocycles. The number of hydrogen-bond acceptors (Lipinski definition) is 4. The maximum absolute atomic E-state index is 11.5. The molecule has 2 heterocycles. The Hall–Kier alpha value is -2.43. The van der Waals surface area contributed by atoms with Crippen LogP contribution < -0.4 is 10.6 Å². The molecule has 0 radical (unpaired) electrons. The lowest BCUT2D eigenvalue weighted by Gasteiger charge is -2.07. The van der Waals surface area contributed by atoms with E-state index in [1.807, 2.05) is 24.4 Å². The molecule has 5 nitrogen and oxygen atoms in total. The van der Waals surface area contributed by atoms with Crippen molar-refractivity contribution in [1.29, 1.82) is 0 Å². The minimum atomic E-state index is -0.184. The summed E-state index contributed by atoms with van der Waals surface area (Å²) in [5, 5.41) is 5.82. The molecule has 98 valence electrons. The Morgan fingerprint density at radius 3 is 2.95 bits per heavy atom. The second-order valence-corrected chi connectivity index (χ2v) is 4.05. The number of amides is 1. The van der Waals surface area contributed by atoms with E-state index in [0.29, 0.717) is 5.69 Å². The third-order valence-electron chi connectivity index (χ3n) is 2.69. The van der Waals surface area contributed by atoms with Crippen molar-refractivity contribution in [3.8, 4) is 0 Å². The first-order chi connectivity index (χ1) is 9.29. The minimum absolute atomic E-state index is 0.184. The predicted molar refractivity (Wildman–Crippen MR) is 74.1 cm³/mol. The number of anilines is 1. The van der Waals surface area contributed by atoms with Crippen molar-refractivity contribution in [2.75, 3.05) is 18.9 Å². The van der Waals surface area contributed by atoms with Crippen LogP contribution in [0.2, 0.25) is 0 Å². The van der Waals surface area contributed by atoms with Gasteiger partial charge >= 0.3 is 0 Å². The first-order valence-corrected chi connectivity index (χ1v) is 6.10. The maximum Gasteiger partial charge on any atom is 0.269 e.